The molecule has 0 saturated carbocycles. The summed E-state index contributed by atoms with van der Waals surface area (Å²) in [5.74, 6) is -0.246. The number of rotatable bonds is 4. The van der Waals surface area contributed by atoms with Gasteiger partial charge in [-0.2, -0.15) is 0 Å². The van der Waals surface area contributed by atoms with Crippen molar-refractivity contribution in [2.45, 2.75) is 25.4 Å². The Morgan fingerprint density at radius 1 is 0.930 bits per heavy atom. The van der Waals surface area contributed by atoms with Crippen molar-refractivity contribution in [3.8, 4) is 0 Å². The first-order chi connectivity index (χ1) is 21.0. The fourth-order valence-corrected chi connectivity index (χ4v) is 7.67. The van der Waals surface area contributed by atoms with E-state index >= 15 is 0 Å². The fraction of sp³-hybridized carbons (Fsp3) is 0.111. The van der Waals surface area contributed by atoms with Crippen LogP contribution in [0.2, 0.25) is 0 Å². The molecular weight excluding hydrogens is 621 g/mol. The number of hydrogen-bond acceptors (Lipinski definition) is 3. The third-order valence-corrected chi connectivity index (χ3v) is 9.94. The zero-order chi connectivity index (χ0) is 29.1. The summed E-state index contributed by atoms with van der Waals surface area (Å²) in [7, 11) is 0. The molecule has 210 valence electrons. The lowest BCUT2D eigenvalue weighted by Crippen LogP contribution is -2.38. The topological polar surface area (TPSA) is 39.3 Å². The molecule has 6 aromatic rings. The molecule has 0 unspecified atom stereocenters. The van der Waals surface area contributed by atoms with Crippen LogP contribution < -0.4 is 14.9 Å². The second-order valence-corrected chi connectivity index (χ2v) is 12.9. The number of thiazole rings is 1. The van der Waals surface area contributed by atoms with E-state index in [9.17, 15) is 9.18 Å². The predicted molar refractivity (Wildman–Crippen MR) is 174 cm³/mol. The smallest absolute Gasteiger partial charge is 0.271 e. The lowest BCUT2D eigenvalue weighted by atomic mass is 9.83. The lowest BCUT2D eigenvalue weighted by Gasteiger charge is -2.30. The largest absolute Gasteiger partial charge is 0.342 e. The van der Waals surface area contributed by atoms with E-state index in [1.807, 2.05) is 47.0 Å². The molecule has 0 amide bonds. The van der Waals surface area contributed by atoms with Crippen LogP contribution in [0.5, 0.6) is 0 Å². The van der Waals surface area contributed by atoms with E-state index in [1.54, 1.807) is 0 Å². The van der Waals surface area contributed by atoms with E-state index in [0.717, 1.165) is 61.0 Å². The first-order valence-electron chi connectivity index (χ1n) is 14.2. The van der Waals surface area contributed by atoms with Gasteiger partial charge in [0, 0.05) is 39.2 Å². The Kier molecular flexibility index (Phi) is 6.38. The molecule has 0 N–H and O–H groups in total. The fourth-order valence-electron chi connectivity index (χ4n) is 6.42. The van der Waals surface area contributed by atoms with Gasteiger partial charge in [-0.3, -0.25) is 9.36 Å². The highest BCUT2D eigenvalue weighted by Gasteiger charge is 2.32. The normalized spacial score (nSPS) is 16.1. The Bertz CT molecular complexity index is 2260. The number of allylic oxidation sites excluding steroid dienone is 1. The molecule has 0 fully saturated rings. The quantitative estimate of drug-likeness (QED) is 0.199. The van der Waals surface area contributed by atoms with E-state index in [-0.39, 0.29) is 17.4 Å². The summed E-state index contributed by atoms with van der Waals surface area (Å²) in [6, 6.07) is 31.3. The van der Waals surface area contributed by atoms with Gasteiger partial charge < -0.3 is 4.57 Å². The standard InChI is InChI=1S/C36H25BrFN3OS/c37-26-14-11-24(12-15-26)34-30-18-13-23-5-1-2-7-29(23)33(30)39-36-41(34)35(42)32(43-36)19-25-21-40(31-8-4-3-6-28(25)31)20-22-9-16-27(38)17-10-22/h1-12,14-17,19,21,34H,13,18,20H2/b32-19+/t34-/m1/s1. The molecule has 7 heteroatoms. The van der Waals surface area contributed by atoms with Crippen LogP contribution in [0.1, 0.15) is 40.3 Å². The van der Waals surface area contributed by atoms with Crippen molar-refractivity contribution in [3.63, 3.8) is 0 Å². The van der Waals surface area contributed by atoms with Crippen LogP contribution in [0.15, 0.2) is 123 Å². The molecule has 43 heavy (non-hydrogen) atoms. The maximum atomic E-state index is 14.3. The van der Waals surface area contributed by atoms with Crippen molar-refractivity contribution in [1.82, 2.24) is 9.13 Å². The van der Waals surface area contributed by atoms with Crippen LogP contribution in [-0.2, 0) is 13.0 Å². The van der Waals surface area contributed by atoms with Crippen LogP contribution in [0, 0.1) is 5.82 Å². The number of fused-ring (bicyclic) bond motifs is 4. The van der Waals surface area contributed by atoms with Gasteiger partial charge in [-0.15, -0.1) is 0 Å². The molecule has 0 saturated heterocycles. The van der Waals surface area contributed by atoms with Gasteiger partial charge in [-0.05, 0) is 71.5 Å². The molecule has 4 aromatic carbocycles. The molecule has 0 spiro atoms. The van der Waals surface area contributed by atoms with E-state index in [2.05, 4.69) is 75.2 Å². The predicted octanol–water partition coefficient (Wildman–Crippen LogP) is 7.22. The average Bonchev–Trinajstić information content (AvgIpc) is 3.54. The van der Waals surface area contributed by atoms with Crippen molar-refractivity contribution in [3.05, 3.63) is 167 Å². The van der Waals surface area contributed by atoms with Crippen molar-refractivity contribution >= 4 is 49.9 Å². The number of halogens is 2. The van der Waals surface area contributed by atoms with E-state index < -0.39 is 0 Å². The minimum Gasteiger partial charge on any atom is -0.342 e. The molecule has 1 aliphatic heterocycles. The highest BCUT2D eigenvalue weighted by atomic mass is 79.9. The molecular formula is C36H25BrFN3OS. The van der Waals surface area contributed by atoms with Gasteiger partial charge in [-0.25, -0.2) is 9.38 Å². The van der Waals surface area contributed by atoms with Gasteiger partial charge in [0.05, 0.1) is 16.3 Å². The number of hydrogen-bond donors (Lipinski definition) is 0. The summed E-state index contributed by atoms with van der Waals surface area (Å²) in [5.41, 5.74) is 8.73. The molecule has 8 rings (SSSR count). The van der Waals surface area contributed by atoms with Gasteiger partial charge in [0.2, 0.25) is 0 Å². The lowest BCUT2D eigenvalue weighted by molar-refractivity contribution is 0.585. The van der Waals surface area contributed by atoms with Crippen LogP contribution >= 0.6 is 27.3 Å². The molecule has 0 bridgehead atoms. The summed E-state index contributed by atoms with van der Waals surface area (Å²) >= 11 is 5.02. The highest BCUT2D eigenvalue weighted by Crippen LogP contribution is 2.41. The average molecular weight is 647 g/mol. The minimum absolute atomic E-state index is 0.0301. The van der Waals surface area contributed by atoms with Crippen molar-refractivity contribution < 1.29 is 4.39 Å². The molecule has 0 radical (unpaired) electrons. The number of benzene rings is 4. The minimum atomic E-state index is -0.246. The Hall–Kier alpha value is -4.33. The van der Waals surface area contributed by atoms with Crippen LogP contribution in [0.3, 0.4) is 0 Å². The van der Waals surface area contributed by atoms with E-state index in [0.29, 0.717) is 11.1 Å². The number of aromatic nitrogens is 2. The van der Waals surface area contributed by atoms with Gasteiger partial charge in [0.15, 0.2) is 4.80 Å². The van der Waals surface area contributed by atoms with E-state index in [4.69, 9.17) is 4.99 Å². The summed E-state index contributed by atoms with van der Waals surface area (Å²) in [6.07, 6.45) is 5.87. The maximum Gasteiger partial charge on any atom is 0.271 e. The summed E-state index contributed by atoms with van der Waals surface area (Å²) in [4.78, 5) is 20.1. The third-order valence-electron chi connectivity index (χ3n) is 8.43. The maximum absolute atomic E-state index is 14.3. The number of aryl methyl sites for hydroxylation is 1. The van der Waals surface area contributed by atoms with Crippen molar-refractivity contribution in [2.24, 2.45) is 4.99 Å². The SMILES string of the molecule is O=c1/c(=C\c2cn(Cc3ccc(F)cc3)c3ccccc23)sc2n1[C@H](c1ccc(Br)cc1)C1=C(N=2)c2ccccc2CC1. The first-order valence-corrected chi connectivity index (χ1v) is 15.9. The number of para-hydroxylation sites is 1. The van der Waals surface area contributed by atoms with Gasteiger partial charge in [0.25, 0.3) is 5.56 Å². The Morgan fingerprint density at radius 2 is 1.70 bits per heavy atom. The Morgan fingerprint density at radius 3 is 2.53 bits per heavy atom. The van der Waals surface area contributed by atoms with Gasteiger partial charge in [-0.1, -0.05) is 94.0 Å². The second-order valence-electron chi connectivity index (χ2n) is 11.0. The number of nitrogens with zero attached hydrogens (tertiary/aromatic N) is 3. The summed E-state index contributed by atoms with van der Waals surface area (Å²) in [6.45, 7) is 0.603. The third kappa shape index (κ3) is 4.55. The van der Waals surface area contributed by atoms with Crippen molar-refractivity contribution in [1.29, 1.82) is 0 Å². The zero-order valence-corrected chi connectivity index (χ0v) is 25.4. The zero-order valence-electron chi connectivity index (χ0n) is 23.0. The second kappa shape index (κ2) is 10.4. The molecule has 2 aromatic heterocycles. The monoisotopic (exact) mass is 645 g/mol. The molecule has 1 atom stereocenters. The highest BCUT2D eigenvalue weighted by molar-refractivity contribution is 9.10. The molecule has 3 heterocycles. The molecule has 1 aliphatic carbocycles. The molecule has 2 aliphatic rings. The Balaban J connectivity index is 1.31. The molecule has 4 nitrogen and oxygen atoms in total. The van der Waals surface area contributed by atoms with Crippen LogP contribution in [0.4, 0.5) is 4.39 Å². The summed E-state index contributed by atoms with van der Waals surface area (Å²) in [5, 5.41) is 1.06. The van der Waals surface area contributed by atoms with Crippen LogP contribution in [0.25, 0.3) is 22.7 Å². The Labute approximate surface area is 259 Å². The van der Waals surface area contributed by atoms with Gasteiger partial charge in [0.1, 0.15) is 5.82 Å². The first kappa shape index (κ1) is 26.3. The van der Waals surface area contributed by atoms with Gasteiger partial charge >= 0.3 is 0 Å². The van der Waals surface area contributed by atoms with Crippen LogP contribution in [-0.4, -0.2) is 9.13 Å². The summed E-state index contributed by atoms with van der Waals surface area (Å²) < 4.78 is 19.2. The van der Waals surface area contributed by atoms with E-state index in [1.165, 1.54) is 34.6 Å². The van der Waals surface area contributed by atoms with Crippen molar-refractivity contribution in [2.75, 3.05) is 0 Å².